The third kappa shape index (κ3) is 2.52. The Labute approximate surface area is 150 Å². The molecule has 128 valence electrons. The van der Waals surface area contributed by atoms with E-state index in [0.717, 1.165) is 23.3 Å². The molecule has 0 aliphatic heterocycles. The Morgan fingerprint density at radius 2 is 1.84 bits per heavy atom. The fourth-order valence-corrected chi connectivity index (χ4v) is 4.68. The summed E-state index contributed by atoms with van der Waals surface area (Å²) in [6.07, 6.45) is 2.29. The third-order valence-electron chi connectivity index (χ3n) is 4.99. The third-order valence-corrected chi connectivity index (χ3v) is 6.41. The summed E-state index contributed by atoms with van der Waals surface area (Å²) in [6, 6.07) is 12.4. The van der Waals surface area contributed by atoms with Crippen LogP contribution in [-0.2, 0) is 4.79 Å². The van der Waals surface area contributed by atoms with E-state index in [1.54, 1.807) is 0 Å². The van der Waals surface area contributed by atoms with E-state index in [4.69, 9.17) is 0 Å². The molecule has 0 spiro atoms. The lowest BCUT2D eigenvalue weighted by atomic mass is 9.84. The van der Waals surface area contributed by atoms with Gasteiger partial charge in [-0.2, -0.15) is 0 Å². The van der Waals surface area contributed by atoms with Crippen LogP contribution in [0.4, 0.5) is 0 Å². The van der Waals surface area contributed by atoms with Crippen molar-refractivity contribution in [1.82, 2.24) is 14.8 Å². The highest BCUT2D eigenvalue weighted by Gasteiger charge is 2.47. The number of thioether (sulfide) groups is 1. The first kappa shape index (κ1) is 16.1. The Morgan fingerprint density at radius 3 is 2.48 bits per heavy atom. The van der Waals surface area contributed by atoms with E-state index in [-0.39, 0.29) is 0 Å². The molecule has 2 aromatic carbocycles. The van der Waals surface area contributed by atoms with E-state index in [0.29, 0.717) is 18.0 Å². The summed E-state index contributed by atoms with van der Waals surface area (Å²) in [5, 5.41) is 21.1. The zero-order valence-corrected chi connectivity index (χ0v) is 15.0. The van der Waals surface area contributed by atoms with Crippen LogP contribution in [-0.4, -0.2) is 30.6 Å². The van der Waals surface area contributed by atoms with Crippen LogP contribution < -0.4 is 0 Å². The monoisotopic (exact) mass is 353 g/mol. The first-order chi connectivity index (χ1) is 12.0. The first-order valence-electron chi connectivity index (χ1n) is 8.35. The van der Waals surface area contributed by atoms with Gasteiger partial charge in [0.25, 0.3) is 0 Å². The molecule has 1 aliphatic rings. The molecule has 1 aromatic heterocycles. The molecule has 1 fully saturated rings. The second-order valence-corrected chi connectivity index (χ2v) is 7.92. The quantitative estimate of drug-likeness (QED) is 0.763. The predicted molar refractivity (Wildman–Crippen MR) is 98.4 cm³/mol. The van der Waals surface area contributed by atoms with Gasteiger partial charge in [-0.1, -0.05) is 42.1 Å². The van der Waals surface area contributed by atoms with Crippen LogP contribution in [0.5, 0.6) is 0 Å². The molecule has 0 saturated heterocycles. The zero-order valence-electron chi connectivity index (χ0n) is 14.2. The predicted octanol–water partition coefficient (Wildman–Crippen LogP) is 4.14. The van der Waals surface area contributed by atoms with Gasteiger partial charge in [0.15, 0.2) is 5.16 Å². The zero-order chi connectivity index (χ0) is 17.6. The number of nitrogens with zero attached hydrogens (tertiary/aromatic N) is 3. The number of carbonyl (C=O) groups is 1. The summed E-state index contributed by atoms with van der Waals surface area (Å²) < 4.78 is 1.22. The number of rotatable bonds is 4. The number of aryl methyl sites for hydroxylation is 2. The maximum atomic E-state index is 11.7. The molecule has 25 heavy (non-hydrogen) atoms. The summed E-state index contributed by atoms with van der Waals surface area (Å²) in [6.45, 7) is 3.99. The highest BCUT2D eigenvalue weighted by atomic mass is 32.2. The maximum absolute atomic E-state index is 11.7. The summed E-state index contributed by atoms with van der Waals surface area (Å²) in [5.41, 5.74) is 2.20. The number of benzene rings is 2. The van der Waals surface area contributed by atoms with Crippen molar-refractivity contribution in [1.29, 1.82) is 0 Å². The van der Waals surface area contributed by atoms with Crippen LogP contribution in [0, 0.1) is 13.8 Å². The molecule has 1 N–H and O–H groups in total. The van der Waals surface area contributed by atoms with Crippen molar-refractivity contribution in [2.75, 3.05) is 0 Å². The molecular formula is C19H19N3O2S. The first-order valence-corrected chi connectivity index (χ1v) is 9.17. The molecule has 4 rings (SSSR count). The van der Waals surface area contributed by atoms with Gasteiger partial charge in [0.1, 0.15) is 10.6 Å². The fraction of sp³-hybridized carbons (Fsp3) is 0.316. The van der Waals surface area contributed by atoms with Crippen LogP contribution >= 0.6 is 11.8 Å². The van der Waals surface area contributed by atoms with Crippen molar-refractivity contribution in [2.45, 2.75) is 43.0 Å². The molecule has 0 atom stereocenters. The Morgan fingerprint density at radius 1 is 1.12 bits per heavy atom. The minimum absolute atomic E-state index is 0.647. The second kappa shape index (κ2) is 5.88. The molecule has 0 radical (unpaired) electrons. The summed E-state index contributed by atoms with van der Waals surface area (Å²) in [4.78, 5) is 11.7. The highest BCUT2D eigenvalue weighted by Crippen LogP contribution is 2.48. The average molecular weight is 353 g/mol. The van der Waals surface area contributed by atoms with Crippen LogP contribution in [0.25, 0.3) is 16.5 Å². The molecule has 1 heterocycles. The minimum atomic E-state index is -0.766. The van der Waals surface area contributed by atoms with Gasteiger partial charge < -0.3 is 5.11 Å². The van der Waals surface area contributed by atoms with Crippen molar-refractivity contribution >= 4 is 28.5 Å². The van der Waals surface area contributed by atoms with Gasteiger partial charge in [0.2, 0.25) is 0 Å². The number of aliphatic carboxylic acids is 1. The van der Waals surface area contributed by atoms with E-state index < -0.39 is 10.7 Å². The molecule has 1 saturated carbocycles. The molecule has 3 aromatic rings. The summed E-state index contributed by atoms with van der Waals surface area (Å²) >= 11 is 1.33. The van der Waals surface area contributed by atoms with Crippen molar-refractivity contribution in [3.63, 3.8) is 0 Å². The second-order valence-electron chi connectivity index (χ2n) is 6.57. The molecule has 6 heteroatoms. The lowest BCUT2D eigenvalue weighted by Gasteiger charge is -2.36. The summed E-state index contributed by atoms with van der Waals surface area (Å²) in [7, 11) is 0. The Bertz CT molecular complexity index is 976. The van der Waals surface area contributed by atoms with Gasteiger partial charge in [0.05, 0.1) is 5.69 Å². The minimum Gasteiger partial charge on any atom is -0.480 e. The molecule has 0 bridgehead atoms. The Balaban J connectivity index is 1.87. The SMILES string of the molecule is Cc1ccc(-n2c(C)nnc2SC2(C(=O)O)CCC2)c2ccccc12. The fourth-order valence-electron chi connectivity index (χ4n) is 3.35. The van der Waals surface area contributed by atoms with Crippen LogP contribution in [0.3, 0.4) is 0 Å². The average Bonchev–Trinajstić information content (AvgIpc) is 2.92. The molecule has 0 unspecified atom stereocenters. The van der Waals surface area contributed by atoms with E-state index in [1.165, 1.54) is 22.7 Å². The highest BCUT2D eigenvalue weighted by molar-refractivity contribution is 8.01. The van der Waals surface area contributed by atoms with E-state index in [2.05, 4.69) is 41.4 Å². The Hall–Kier alpha value is -2.34. The van der Waals surface area contributed by atoms with Gasteiger partial charge in [-0.3, -0.25) is 9.36 Å². The number of aromatic nitrogens is 3. The van der Waals surface area contributed by atoms with Gasteiger partial charge in [-0.25, -0.2) is 0 Å². The van der Waals surface area contributed by atoms with Crippen LogP contribution in [0.1, 0.15) is 30.7 Å². The number of carboxylic acid groups (broad SMARTS) is 1. The lowest BCUT2D eigenvalue weighted by Crippen LogP contribution is -2.42. The van der Waals surface area contributed by atoms with Crippen molar-refractivity contribution < 1.29 is 9.90 Å². The van der Waals surface area contributed by atoms with Gasteiger partial charge in [-0.05, 0) is 50.1 Å². The van der Waals surface area contributed by atoms with Crippen LogP contribution in [0.15, 0.2) is 41.6 Å². The number of fused-ring (bicyclic) bond motifs is 1. The topological polar surface area (TPSA) is 68.0 Å². The van der Waals surface area contributed by atoms with Crippen molar-refractivity contribution in [3.8, 4) is 5.69 Å². The largest absolute Gasteiger partial charge is 0.480 e. The van der Waals surface area contributed by atoms with Gasteiger partial charge in [0, 0.05) is 5.39 Å². The van der Waals surface area contributed by atoms with Gasteiger partial charge in [-0.15, -0.1) is 10.2 Å². The number of carboxylic acids is 1. The van der Waals surface area contributed by atoms with Crippen molar-refractivity contribution in [2.24, 2.45) is 0 Å². The molecular weight excluding hydrogens is 334 g/mol. The van der Waals surface area contributed by atoms with E-state index in [1.807, 2.05) is 23.6 Å². The van der Waals surface area contributed by atoms with Gasteiger partial charge >= 0.3 is 5.97 Å². The van der Waals surface area contributed by atoms with Crippen LogP contribution in [0.2, 0.25) is 0 Å². The van der Waals surface area contributed by atoms with E-state index >= 15 is 0 Å². The molecule has 5 nitrogen and oxygen atoms in total. The standard InChI is InChI=1S/C19H19N3O2S/c1-12-8-9-16(15-7-4-3-6-14(12)15)22-13(2)20-21-18(22)25-19(17(23)24)10-5-11-19/h3-4,6-9H,5,10-11H2,1-2H3,(H,23,24). The molecule has 1 aliphatic carbocycles. The lowest BCUT2D eigenvalue weighted by molar-refractivity contribution is -0.142. The van der Waals surface area contributed by atoms with Crippen molar-refractivity contribution in [3.05, 3.63) is 47.8 Å². The smallest absolute Gasteiger partial charge is 0.320 e. The summed E-state index contributed by atoms with van der Waals surface area (Å²) in [5.74, 6) is 0.00101. The number of hydrogen-bond donors (Lipinski definition) is 1. The van der Waals surface area contributed by atoms with E-state index in [9.17, 15) is 9.90 Å². The maximum Gasteiger partial charge on any atom is 0.320 e. The Kier molecular flexibility index (Phi) is 3.80. The molecule has 0 amide bonds. The normalized spacial score (nSPS) is 15.9. The number of hydrogen-bond acceptors (Lipinski definition) is 4.